The molecule has 0 unspecified atom stereocenters. The van der Waals surface area contributed by atoms with Crippen molar-refractivity contribution in [1.82, 2.24) is 20.2 Å². The summed E-state index contributed by atoms with van der Waals surface area (Å²) in [4.78, 5) is 12.3. The molecule has 1 fully saturated rings. The van der Waals surface area contributed by atoms with E-state index >= 15 is 0 Å². The molecular weight excluding hydrogens is 325 g/mol. The first kappa shape index (κ1) is 16.2. The third-order valence-electron chi connectivity index (χ3n) is 3.65. The second kappa shape index (κ2) is 6.46. The first-order valence-electron chi connectivity index (χ1n) is 7.25. The Morgan fingerprint density at radius 2 is 1.71 bits per heavy atom. The van der Waals surface area contributed by atoms with Crippen LogP contribution in [0, 0.1) is 0 Å². The molecule has 0 bridgehead atoms. The highest BCUT2D eigenvalue weighted by atomic mass is 19.4. The Bertz CT molecular complexity index is 686. The molecule has 1 aliphatic rings. The molecule has 2 aromatic rings. The topological polar surface area (TPSA) is 67.3 Å². The van der Waals surface area contributed by atoms with Gasteiger partial charge in [-0.2, -0.15) is 18.2 Å². The highest BCUT2D eigenvalue weighted by Gasteiger charge is 2.33. The minimum absolute atomic E-state index is 0.425. The van der Waals surface area contributed by atoms with Crippen molar-refractivity contribution < 1.29 is 17.9 Å². The van der Waals surface area contributed by atoms with Crippen LogP contribution in [0.3, 0.4) is 0 Å². The van der Waals surface area contributed by atoms with Gasteiger partial charge < -0.3 is 14.5 Å². The quantitative estimate of drug-likeness (QED) is 0.841. The lowest BCUT2D eigenvalue weighted by Gasteiger charge is -2.35. The molecule has 1 saturated heterocycles. The number of alkyl halides is 3. The lowest BCUT2D eigenvalue weighted by molar-refractivity contribution is -0.141. The van der Waals surface area contributed by atoms with Crippen molar-refractivity contribution in [3.63, 3.8) is 0 Å². The van der Waals surface area contributed by atoms with Crippen molar-refractivity contribution >= 4 is 11.8 Å². The maximum absolute atomic E-state index is 12.5. The summed E-state index contributed by atoms with van der Waals surface area (Å²) in [5.74, 6) is 1.47. The first-order valence-corrected chi connectivity index (χ1v) is 7.25. The predicted octanol–water partition coefficient (Wildman–Crippen LogP) is 1.62. The molecule has 7 nitrogen and oxygen atoms in total. The van der Waals surface area contributed by atoms with Crippen LogP contribution in [0.1, 0.15) is 5.69 Å². The van der Waals surface area contributed by atoms with E-state index < -0.39 is 11.9 Å². The molecule has 24 heavy (non-hydrogen) atoms. The van der Waals surface area contributed by atoms with Crippen molar-refractivity contribution in [2.45, 2.75) is 6.18 Å². The van der Waals surface area contributed by atoms with Crippen molar-refractivity contribution in [2.75, 3.05) is 43.1 Å². The monoisotopic (exact) mass is 340 g/mol. The van der Waals surface area contributed by atoms with Crippen molar-refractivity contribution in [1.29, 1.82) is 0 Å². The van der Waals surface area contributed by atoms with Crippen molar-refractivity contribution in [3.05, 3.63) is 30.1 Å². The third kappa shape index (κ3) is 3.47. The smallest absolute Gasteiger partial charge is 0.435 e. The second-order valence-electron chi connectivity index (χ2n) is 5.15. The standard InChI is InChI=1S/C14H15F3N6O/c1-24-12-4-5-18-13(19-12)23-8-6-22(7-9-23)11-3-2-10(20-21-11)14(15,16)17/h2-5H,6-9H2,1H3. The summed E-state index contributed by atoms with van der Waals surface area (Å²) in [6.07, 6.45) is -2.86. The van der Waals surface area contributed by atoms with Crippen LogP contribution in [0.5, 0.6) is 5.88 Å². The zero-order valence-electron chi connectivity index (χ0n) is 12.9. The molecule has 128 valence electrons. The van der Waals surface area contributed by atoms with Crippen LogP contribution in [0.25, 0.3) is 0 Å². The number of nitrogens with zero attached hydrogens (tertiary/aromatic N) is 6. The van der Waals surface area contributed by atoms with E-state index in [1.165, 1.54) is 13.2 Å². The lowest BCUT2D eigenvalue weighted by Crippen LogP contribution is -2.47. The fourth-order valence-corrected chi connectivity index (χ4v) is 2.38. The third-order valence-corrected chi connectivity index (χ3v) is 3.65. The molecule has 3 heterocycles. The molecule has 2 aromatic heterocycles. The predicted molar refractivity (Wildman–Crippen MR) is 80.0 cm³/mol. The molecule has 0 amide bonds. The van der Waals surface area contributed by atoms with Gasteiger partial charge in [0.2, 0.25) is 11.8 Å². The zero-order valence-corrected chi connectivity index (χ0v) is 12.9. The Hall–Kier alpha value is -2.65. The Balaban J connectivity index is 1.64. The van der Waals surface area contributed by atoms with Gasteiger partial charge in [-0.15, -0.1) is 10.2 Å². The molecular formula is C14H15F3N6O. The highest BCUT2D eigenvalue weighted by molar-refractivity contribution is 5.42. The minimum atomic E-state index is -4.48. The van der Waals surface area contributed by atoms with E-state index in [4.69, 9.17) is 4.74 Å². The molecule has 0 aromatic carbocycles. The van der Waals surface area contributed by atoms with E-state index in [1.807, 2.05) is 9.80 Å². The average molecular weight is 340 g/mol. The summed E-state index contributed by atoms with van der Waals surface area (Å²) in [7, 11) is 1.54. The van der Waals surface area contributed by atoms with Crippen molar-refractivity contribution in [2.24, 2.45) is 0 Å². The molecule has 10 heteroatoms. The molecule has 0 saturated carbocycles. The number of hydrogen-bond acceptors (Lipinski definition) is 7. The van der Waals surface area contributed by atoms with E-state index in [9.17, 15) is 13.2 Å². The fourth-order valence-electron chi connectivity index (χ4n) is 2.38. The summed E-state index contributed by atoms with van der Waals surface area (Å²) in [6.45, 7) is 2.41. The van der Waals surface area contributed by atoms with E-state index in [0.717, 1.165) is 6.07 Å². The number of methoxy groups -OCH3 is 1. The van der Waals surface area contributed by atoms with Gasteiger partial charge in [-0.3, -0.25) is 0 Å². The number of aromatic nitrogens is 4. The summed E-state index contributed by atoms with van der Waals surface area (Å²) in [6, 6.07) is 3.95. The van der Waals surface area contributed by atoms with Gasteiger partial charge in [0, 0.05) is 38.4 Å². The SMILES string of the molecule is COc1ccnc(N2CCN(c3ccc(C(F)(F)F)nn3)CC2)n1. The van der Waals surface area contributed by atoms with E-state index in [2.05, 4.69) is 20.2 Å². The van der Waals surface area contributed by atoms with E-state index in [0.29, 0.717) is 43.8 Å². The highest BCUT2D eigenvalue weighted by Crippen LogP contribution is 2.27. The Morgan fingerprint density at radius 1 is 1.00 bits per heavy atom. The fraction of sp³-hybridized carbons (Fsp3) is 0.429. The molecule has 1 aliphatic heterocycles. The molecule has 0 N–H and O–H groups in total. The maximum atomic E-state index is 12.5. The van der Waals surface area contributed by atoms with Gasteiger partial charge in [0.15, 0.2) is 11.5 Å². The minimum Gasteiger partial charge on any atom is -0.481 e. The Labute approximate surface area is 136 Å². The Kier molecular flexibility index (Phi) is 4.36. The second-order valence-corrected chi connectivity index (χ2v) is 5.15. The molecule has 0 spiro atoms. The van der Waals surface area contributed by atoms with Crippen molar-refractivity contribution in [3.8, 4) is 5.88 Å². The molecule has 0 radical (unpaired) electrons. The lowest BCUT2D eigenvalue weighted by atomic mass is 10.3. The van der Waals surface area contributed by atoms with Gasteiger partial charge in [-0.05, 0) is 12.1 Å². The number of hydrogen-bond donors (Lipinski definition) is 0. The summed E-state index contributed by atoms with van der Waals surface area (Å²) >= 11 is 0. The van der Waals surface area contributed by atoms with Gasteiger partial charge in [-0.1, -0.05) is 0 Å². The van der Waals surface area contributed by atoms with Crippen LogP contribution in [-0.4, -0.2) is 53.5 Å². The van der Waals surface area contributed by atoms with Crippen LogP contribution in [0.4, 0.5) is 24.9 Å². The van der Waals surface area contributed by atoms with Crippen LogP contribution < -0.4 is 14.5 Å². The van der Waals surface area contributed by atoms with Crippen LogP contribution in [-0.2, 0) is 6.18 Å². The number of anilines is 2. The Morgan fingerprint density at radius 3 is 2.29 bits per heavy atom. The van der Waals surface area contributed by atoms with Gasteiger partial charge in [0.1, 0.15) is 0 Å². The van der Waals surface area contributed by atoms with Gasteiger partial charge in [-0.25, -0.2) is 4.98 Å². The summed E-state index contributed by atoms with van der Waals surface area (Å²) in [5.41, 5.74) is -0.991. The van der Waals surface area contributed by atoms with Crippen LogP contribution in [0.15, 0.2) is 24.4 Å². The first-order chi connectivity index (χ1) is 11.5. The number of halogens is 3. The molecule has 0 aliphatic carbocycles. The number of ether oxygens (including phenoxy) is 1. The van der Waals surface area contributed by atoms with Gasteiger partial charge >= 0.3 is 6.18 Å². The van der Waals surface area contributed by atoms with Gasteiger partial charge in [0.25, 0.3) is 0 Å². The number of piperazine rings is 1. The van der Waals surface area contributed by atoms with E-state index in [1.54, 1.807) is 12.3 Å². The van der Waals surface area contributed by atoms with Crippen LogP contribution >= 0.6 is 0 Å². The zero-order chi connectivity index (χ0) is 17.2. The summed E-state index contributed by atoms with van der Waals surface area (Å²) in [5, 5.41) is 6.93. The molecule has 3 rings (SSSR count). The molecule has 0 atom stereocenters. The normalized spacial score (nSPS) is 15.5. The van der Waals surface area contributed by atoms with Gasteiger partial charge in [0.05, 0.1) is 7.11 Å². The number of rotatable bonds is 3. The van der Waals surface area contributed by atoms with Crippen LogP contribution in [0.2, 0.25) is 0 Å². The van der Waals surface area contributed by atoms with E-state index in [-0.39, 0.29) is 0 Å². The maximum Gasteiger partial charge on any atom is 0.435 e. The average Bonchev–Trinajstić information content (AvgIpc) is 2.61. The summed E-state index contributed by atoms with van der Waals surface area (Å²) < 4.78 is 42.6. The largest absolute Gasteiger partial charge is 0.481 e.